The van der Waals surface area contributed by atoms with Crippen molar-refractivity contribution in [3.8, 4) is 5.75 Å². The van der Waals surface area contributed by atoms with Crippen LogP contribution in [0, 0.1) is 0 Å². The lowest BCUT2D eigenvalue weighted by molar-refractivity contribution is 0.0558. The summed E-state index contributed by atoms with van der Waals surface area (Å²) in [6, 6.07) is 11.9. The maximum atomic E-state index is 12.7. The molecular formula is C24H30N6O3. The summed E-state index contributed by atoms with van der Waals surface area (Å²) in [5, 5.41) is 13.0. The molecule has 1 amide bonds. The first-order chi connectivity index (χ1) is 16.2. The summed E-state index contributed by atoms with van der Waals surface area (Å²) in [4.78, 5) is 17.0. The molecule has 1 saturated heterocycles. The Morgan fingerprint density at radius 2 is 1.88 bits per heavy atom. The third kappa shape index (κ3) is 4.50. The SMILES string of the molecule is CCOc1ccc([C@H](c2nnnn2C2CCCC2)N2CCN(C(=O)c3ccco3)CC2)cc1. The minimum atomic E-state index is -0.0860. The van der Waals surface area contributed by atoms with Gasteiger partial charge in [0.2, 0.25) is 0 Å². The van der Waals surface area contributed by atoms with Crippen molar-refractivity contribution < 1.29 is 13.9 Å². The predicted octanol–water partition coefficient (Wildman–Crippen LogP) is 3.33. The highest BCUT2D eigenvalue weighted by Gasteiger charge is 2.34. The van der Waals surface area contributed by atoms with Gasteiger partial charge in [-0.2, -0.15) is 0 Å². The molecule has 5 rings (SSSR count). The Hall–Kier alpha value is -3.20. The molecule has 0 radical (unpaired) electrons. The molecule has 174 valence electrons. The van der Waals surface area contributed by atoms with Gasteiger partial charge in [-0.1, -0.05) is 25.0 Å². The first-order valence-corrected chi connectivity index (χ1v) is 11.8. The molecule has 1 atom stereocenters. The Balaban J connectivity index is 1.40. The fraction of sp³-hybridized carbons (Fsp3) is 0.500. The van der Waals surface area contributed by atoms with Crippen molar-refractivity contribution in [3.63, 3.8) is 0 Å². The van der Waals surface area contributed by atoms with Crippen LogP contribution in [0.25, 0.3) is 0 Å². The van der Waals surface area contributed by atoms with E-state index in [-0.39, 0.29) is 11.9 Å². The van der Waals surface area contributed by atoms with E-state index in [0.29, 0.717) is 31.5 Å². The number of rotatable bonds is 7. The molecule has 2 fully saturated rings. The average Bonchev–Trinajstić information content (AvgIpc) is 3.63. The number of nitrogens with zero attached hydrogens (tertiary/aromatic N) is 6. The van der Waals surface area contributed by atoms with E-state index < -0.39 is 0 Å². The highest BCUT2D eigenvalue weighted by Crippen LogP contribution is 2.35. The molecule has 1 aliphatic carbocycles. The van der Waals surface area contributed by atoms with Crippen molar-refractivity contribution in [1.29, 1.82) is 0 Å². The van der Waals surface area contributed by atoms with Gasteiger partial charge in [0.1, 0.15) is 5.75 Å². The Labute approximate surface area is 193 Å². The summed E-state index contributed by atoms with van der Waals surface area (Å²) in [7, 11) is 0. The van der Waals surface area contributed by atoms with Gasteiger partial charge in [0.05, 0.1) is 25.0 Å². The van der Waals surface area contributed by atoms with Gasteiger partial charge in [-0.05, 0) is 60.0 Å². The van der Waals surface area contributed by atoms with Gasteiger partial charge < -0.3 is 14.1 Å². The molecule has 0 spiro atoms. The summed E-state index contributed by atoms with van der Waals surface area (Å²) in [6.45, 7) is 5.31. The maximum Gasteiger partial charge on any atom is 0.289 e. The van der Waals surface area contributed by atoms with Crippen LogP contribution in [0.2, 0.25) is 0 Å². The van der Waals surface area contributed by atoms with Gasteiger partial charge >= 0.3 is 0 Å². The molecule has 2 aliphatic rings. The average molecular weight is 451 g/mol. The summed E-state index contributed by atoms with van der Waals surface area (Å²) < 4.78 is 13.0. The lowest BCUT2D eigenvalue weighted by Crippen LogP contribution is -2.50. The standard InChI is InChI=1S/C24H30N6O3/c1-2-32-20-11-9-18(10-12-20)22(23-25-26-27-30(23)19-6-3-4-7-19)28-13-15-29(16-14-28)24(31)21-8-5-17-33-21/h5,8-12,17,19,22H,2-4,6-7,13-16H2,1H3/t22-/m1/s1. The van der Waals surface area contributed by atoms with E-state index in [1.165, 1.54) is 19.1 Å². The van der Waals surface area contributed by atoms with E-state index in [1.54, 1.807) is 12.1 Å². The fourth-order valence-electron chi connectivity index (χ4n) is 4.96. The number of amides is 1. The van der Waals surface area contributed by atoms with Crippen LogP contribution in [0.15, 0.2) is 47.1 Å². The van der Waals surface area contributed by atoms with E-state index in [9.17, 15) is 4.79 Å². The second-order valence-corrected chi connectivity index (χ2v) is 8.63. The monoisotopic (exact) mass is 450 g/mol. The molecule has 2 aromatic heterocycles. The van der Waals surface area contributed by atoms with Crippen LogP contribution in [0.1, 0.15) is 66.6 Å². The maximum absolute atomic E-state index is 12.7. The zero-order valence-electron chi connectivity index (χ0n) is 19.0. The molecule has 9 heteroatoms. The molecule has 33 heavy (non-hydrogen) atoms. The van der Waals surface area contributed by atoms with E-state index in [0.717, 1.165) is 43.1 Å². The molecular weight excluding hydrogens is 420 g/mol. The zero-order valence-corrected chi connectivity index (χ0v) is 19.0. The molecule has 0 unspecified atom stereocenters. The number of hydrogen-bond acceptors (Lipinski definition) is 7. The van der Waals surface area contributed by atoms with Crippen LogP contribution in [-0.4, -0.2) is 68.7 Å². The minimum absolute atomic E-state index is 0.0620. The molecule has 3 heterocycles. The number of hydrogen-bond donors (Lipinski definition) is 0. The number of carbonyl (C=O) groups is 1. The summed E-state index contributed by atoms with van der Waals surface area (Å²) in [5.41, 5.74) is 1.12. The zero-order chi connectivity index (χ0) is 22.6. The van der Waals surface area contributed by atoms with Crippen molar-refractivity contribution in [1.82, 2.24) is 30.0 Å². The topological polar surface area (TPSA) is 89.5 Å². The van der Waals surface area contributed by atoms with Crippen LogP contribution < -0.4 is 4.74 Å². The van der Waals surface area contributed by atoms with Crippen LogP contribution in [0.4, 0.5) is 0 Å². The lowest BCUT2D eigenvalue weighted by atomic mass is 10.0. The fourth-order valence-corrected chi connectivity index (χ4v) is 4.96. The minimum Gasteiger partial charge on any atom is -0.494 e. The van der Waals surface area contributed by atoms with Crippen molar-refractivity contribution in [3.05, 3.63) is 59.8 Å². The van der Waals surface area contributed by atoms with Crippen molar-refractivity contribution in [2.75, 3.05) is 32.8 Å². The Morgan fingerprint density at radius 1 is 1.12 bits per heavy atom. The van der Waals surface area contributed by atoms with Gasteiger partial charge in [-0.3, -0.25) is 9.69 Å². The molecule has 1 saturated carbocycles. The van der Waals surface area contributed by atoms with Gasteiger partial charge in [-0.15, -0.1) is 5.10 Å². The molecule has 0 N–H and O–H groups in total. The van der Waals surface area contributed by atoms with E-state index >= 15 is 0 Å². The number of ether oxygens (including phenoxy) is 1. The molecule has 9 nitrogen and oxygen atoms in total. The van der Waals surface area contributed by atoms with E-state index in [1.807, 2.05) is 28.6 Å². The van der Waals surface area contributed by atoms with Crippen LogP contribution in [0.5, 0.6) is 5.75 Å². The number of furan rings is 1. The van der Waals surface area contributed by atoms with E-state index in [2.05, 4.69) is 32.6 Å². The number of carbonyl (C=O) groups excluding carboxylic acids is 1. The quantitative estimate of drug-likeness (QED) is 0.545. The van der Waals surface area contributed by atoms with Gasteiger partial charge in [-0.25, -0.2) is 4.68 Å². The summed E-state index contributed by atoms with van der Waals surface area (Å²) in [6.07, 6.45) is 6.18. The third-order valence-corrected chi connectivity index (χ3v) is 6.64. The number of aromatic nitrogens is 4. The van der Waals surface area contributed by atoms with Crippen molar-refractivity contribution in [2.45, 2.75) is 44.7 Å². The molecule has 1 aliphatic heterocycles. The lowest BCUT2D eigenvalue weighted by Gasteiger charge is -2.38. The van der Waals surface area contributed by atoms with Crippen molar-refractivity contribution >= 4 is 5.91 Å². The van der Waals surface area contributed by atoms with Crippen LogP contribution in [-0.2, 0) is 0 Å². The Kier molecular flexibility index (Phi) is 6.39. The third-order valence-electron chi connectivity index (χ3n) is 6.64. The number of benzene rings is 1. The van der Waals surface area contributed by atoms with Crippen LogP contribution in [0.3, 0.4) is 0 Å². The first kappa shape index (κ1) is 21.6. The molecule has 0 bridgehead atoms. The Bertz CT molecular complexity index is 1030. The summed E-state index contributed by atoms with van der Waals surface area (Å²) >= 11 is 0. The highest BCUT2D eigenvalue weighted by molar-refractivity contribution is 5.91. The van der Waals surface area contributed by atoms with Gasteiger partial charge in [0.15, 0.2) is 11.6 Å². The van der Waals surface area contributed by atoms with Gasteiger partial charge in [0, 0.05) is 26.2 Å². The largest absolute Gasteiger partial charge is 0.494 e. The van der Waals surface area contributed by atoms with E-state index in [4.69, 9.17) is 9.15 Å². The number of tetrazole rings is 1. The Morgan fingerprint density at radius 3 is 2.55 bits per heavy atom. The normalized spacial score (nSPS) is 18.5. The van der Waals surface area contributed by atoms with Gasteiger partial charge in [0.25, 0.3) is 5.91 Å². The molecule has 1 aromatic carbocycles. The van der Waals surface area contributed by atoms with Crippen molar-refractivity contribution in [2.24, 2.45) is 0 Å². The second kappa shape index (κ2) is 9.74. The molecule has 3 aromatic rings. The predicted molar refractivity (Wildman–Crippen MR) is 121 cm³/mol. The number of piperazine rings is 1. The second-order valence-electron chi connectivity index (χ2n) is 8.63. The van der Waals surface area contributed by atoms with Crippen LogP contribution >= 0.6 is 0 Å². The smallest absolute Gasteiger partial charge is 0.289 e. The highest BCUT2D eigenvalue weighted by atomic mass is 16.5. The first-order valence-electron chi connectivity index (χ1n) is 11.8. The summed E-state index contributed by atoms with van der Waals surface area (Å²) in [5.74, 6) is 2.05.